The van der Waals surface area contributed by atoms with Crippen molar-refractivity contribution >= 4 is 10.0 Å². The maximum atomic E-state index is 12.9. The van der Waals surface area contributed by atoms with Crippen molar-refractivity contribution in [2.45, 2.75) is 11.4 Å². The van der Waals surface area contributed by atoms with E-state index < -0.39 is 10.0 Å². The lowest BCUT2D eigenvalue weighted by atomic mass is 10.2. The van der Waals surface area contributed by atoms with E-state index in [0.29, 0.717) is 24.7 Å². The lowest BCUT2D eigenvalue weighted by Crippen LogP contribution is -2.32. The summed E-state index contributed by atoms with van der Waals surface area (Å²) >= 11 is 0. The van der Waals surface area contributed by atoms with Gasteiger partial charge in [0.25, 0.3) is 0 Å². The molecule has 7 heteroatoms. The summed E-state index contributed by atoms with van der Waals surface area (Å²) in [5, 5.41) is 0. The summed E-state index contributed by atoms with van der Waals surface area (Å²) in [6.45, 7) is 1.02. The van der Waals surface area contributed by atoms with Crippen molar-refractivity contribution in [3.8, 4) is 17.2 Å². The van der Waals surface area contributed by atoms with Gasteiger partial charge >= 0.3 is 0 Å². The van der Waals surface area contributed by atoms with Crippen molar-refractivity contribution < 1.29 is 22.6 Å². The number of benzene rings is 2. The molecule has 0 fully saturated rings. The quantitative estimate of drug-likeness (QED) is 0.841. The Hall–Kier alpha value is -2.25. The molecule has 0 aromatic heterocycles. The topological polar surface area (TPSA) is 65.1 Å². The third-order valence-electron chi connectivity index (χ3n) is 3.90. The third-order valence-corrected chi connectivity index (χ3v) is 5.74. The van der Waals surface area contributed by atoms with Gasteiger partial charge in [-0.25, -0.2) is 8.42 Å². The van der Waals surface area contributed by atoms with Gasteiger partial charge in [-0.15, -0.1) is 0 Å². The summed E-state index contributed by atoms with van der Waals surface area (Å²) in [6.07, 6.45) is 0. The Morgan fingerprint density at radius 2 is 1.74 bits per heavy atom. The molecule has 2 aliphatic rings. The van der Waals surface area contributed by atoms with Crippen molar-refractivity contribution in [3.63, 3.8) is 0 Å². The number of hydrogen-bond acceptors (Lipinski definition) is 5. The van der Waals surface area contributed by atoms with Crippen LogP contribution in [0, 0.1) is 0 Å². The molecular weight excluding hydrogens is 318 g/mol. The Morgan fingerprint density at radius 3 is 2.65 bits per heavy atom. The molecule has 0 aliphatic carbocycles. The molecule has 4 rings (SSSR count). The predicted octanol–water partition coefficient (Wildman–Crippen LogP) is 2.00. The number of sulfonamides is 1. The Kier molecular flexibility index (Phi) is 3.39. The lowest BCUT2D eigenvalue weighted by Gasteiger charge is -2.19. The van der Waals surface area contributed by atoms with Gasteiger partial charge in [-0.3, -0.25) is 0 Å². The van der Waals surface area contributed by atoms with Gasteiger partial charge in [0, 0.05) is 24.7 Å². The predicted molar refractivity (Wildman–Crippen MR) is 82.1 cm³/mol. The average molecular weight is 333 g/mol. The highest BCUT2D eigenvalue weighted by Gasteiger charge is 2.29. The van der Waals surface area contributed by atoms with Crippen LogP contribution >= 0.6 is 0 Å². The summed E-state index contributed by atoms with van der Waals surface area (Å²) in [6, 6.07) is 12.2. The molecule has 23 heavy (non-hydrogen) atoms. The first-order valence-electron chi connectivity index (χ1n) is 7.25. The van der Waals surface area contributed by atoms with Crippen LogP contribution in [0.3, 0.4) is 0 Å². The molecule has 0 amide bonds. The zero-order valence-electron chi connectivity index (χ0n) is 12.3. The highest BCUT2D eigenvalue weighted by Crippen LogP contribution is 2.35. The molecule has 2 aliphatic heterocycles. The first-order valence-corrected chi connectivity index (χ1v) is 8.69. The molecule has 2 heterocycles. The molecule has 0 bridgehead atoms. The van der Waals surface area contributed by atoms with E-state index in [1.807, 2.05) is 24.3 Å². The molecule has 2 aromatic rings. The van der Waals surface area contributed by atoms with Gasteiger partial charge in [-0.2, -0.15) is 4.31 Å². The van der Waals surface area contributed by atoms with Gasteiger partial charge < -0.3 is 14.2 Å². The van der Waals surface area contributed by atoms with Gasteiger partial charge in [0.15, 0.2) is 11.5 Å². The number of hydrogen-bond donors (Lipinski definition) is 0. The maximum absolute atomic E-state index is 12.9. The van der Waals surface area contributed by atoms with Crippen LogP contribution in [0.15, 0.2) is 47.4 Å². The Balaban J connectivity index is 1.69. The van der Waals surface area contributed by atoms with Crippen LogP contribution in [0.25, 0.3) is 0 Å². The van der Waals surface area contributed by atoms with E-state index in [2.05, 4.69) is 0 Å². The summed E-state index contributed by atoms with van der Waals surface area (Å²) in [4.78, 5) is 0.195. The molecule has 0 spiro atoms. The smallest absolute Gasteiger partial charge is 0.243 e. The van der Waals surface area contributed by atoms with Crippen LogP contribution in [0.5, 0.6) is 17.2 Å². The second kappa shape index (κ2) is 5.43. The molecule has 2 aromatic carbocycles. The zero-order chi connectivity index (χ0) is 15.9. The third kappa shape index (κ3) is 2.51. The van der Waals surface area contributed by atoms with Crippen LogP contribution in [0.4, 0.5) is 0 Å². The molecule has 0 N–H and O–H groups in total. The van der Waals surface area contributed by atoms with Gasteiger partial charge in [0.1, 0.15) is 12.4 Å². The summed E-state index contributed by atoms with van der Waals surface area (Å²) in [7, 11) is -3.63. The van der Waals surface area contributed by atoms with E-state index >= 15 is 0 Å². The lowest BCUT2D eigenvalue weighted by molar-refractivity contribution is 0.174. The van der Waals surface area contributed by atoms with Gasteiger partial charge in [-0.1, -0.05) is 18.2 Å². The summed E-state index contributed by atoms with van der Waals surface area (Å²) < 4.78 is 43.4. The van der Waals surface area contributed by atoms with E-state index in [1.54, 1.807) is 12.1 Å². The minimum absolute atomic E-state index is 0.115. The molecule has 0 radical (unpaired) electrons. The van der Waals surface area contributed by atoms with E-state index in [-0.39, 0.29) is 18.2 Å². The summed E-state index contributed by atoms with van der Waals surface area (Å²) in [5.74, 6) is 1.75. The number of nitrogens with zero attached hydrogens (tertiary/aromatic N) is 1. The maximum Gasteiger partial charge on any atom is 0.243 e. The second-order valence-electron chi connectivity index (χ2n) is 5.31. The molecule has 0 atom stereocenters. The van der Waals surface area contributed by atoms with E-state index in [9.17, 15) is 8.42 Å². The van der Waals surface area contributed by atoms with E-state index in [0.717, 1.165) is 11.3 Å². The SMILES string of the molecule is O=S(=O)(c1ccc2c(c1)OCO2)N1CCOc2ccccc2C1. The Bertz CT molecular complexity index is 849. The molecule has 120 valence electrons. The van der Waals surface area contributed by atoms with Crippen LogP contribution in [-0.2, 0) is 16.6 Å². The summed E-state index contributed by atoms with van der Waals surface area (Å²) in [5.41, 5.74) is 0.856. The van der Waals surface area contributed by atoms with Crippen molar-refractivity contribution in [3.05, 3.63) is 48.0 Å². The molecule has 0 unspecified atom stereocenters. The molecule has 0 saturated heterocycles. The van der Waals surface area contributed by atoms with Gasteiger partial charge in [-0.05, 0) is 18.2 Å². The fraction of sp³-hybridized carbons (Fsp3) is 0.250. The number of rotatable bonds is 2. The van der Waals surface area contributed by atoms with E-state index in [4.69, 9.17) is 14.2 Å². The van der Waals surface area contributed by atoms with Crippen molar-refractivity contribution in [1.82, 2.24) is 4.31 Å². The van der Waals surface area contributed by atoms with Crippen LogP contribution in [0.1, 0.15) is 5.56 Å². The molecule has 6 nitrogen and oxygen atoms in total. The minimum atomic E-state index is -3.63. The molecular formula is C16H15NO5S. The van der Waals surface area contributed by atoms with Crippen LogP contribution in [-0.4, -0.2) is 32.7 Å². The number of fused-ring (bicyclic) bond motifs is 2. The first kappa shape index (κ1) is 14.3. The second-order valence-corrected chi connectivity index (χ2v) is 7.25. The van der Waals surface area contributed by atoms with Crippen molar-refractivity contribution in [2.75, 3.05) is 19.9 Å². The average Bonchev–Trinajstić information content (AvgIpc) is 2.91. The fourth-order valence-electron chi connectivity index (χ4n) is 2.69. The zero-order valence-corrected chi connectivity index (χ0v) is 13.1. The number of para-hydroxylation sites is 1. The fourth-order valence-corrected chi connectivity index (χ4v) is 4.11. The van der Waals surface area contributed by atoms with Crippen molar-refractivity contribution in [2.24, 2.45) is 0 Å². The highest BCUT2D eigenvalue weighted by atomic mass is 32.2. The normalized spacial score (nSPS) is 17.2. The van der Waals surface area contributed by atoms with Crippen LogP contribution < -0.4 is 14.2 Å². The first-order chi connectivity index (χ1) is 11.1. The minimum Gasteiger partial charge on any atom is -0.492 e. The highest BCUT2D eigenvalue weighted by molar-refractivity contribution is 7.89. The standard InChI is InChI=1S/C16H15NO5S/c18-23(19,13-5-6-15-16(9-13)22-11-21-15)17-7-8-20-14-4-2-1-3-12(14)10-17/h1-6,9H,7-8,10-11H2. The van der Waals surface area contributed by atoms with Gasteiger partial charge in [0.2, 0.25) is 16.8 Å². The largest absolute Gasteiger partial charge is 0.492 e. The monoisotopic (exact) mass is 333 g/mol. The molecule has 0 saturated carbocycles. The Morgan fingerprint density at radius 1 is 0.913 bits per heavy atom. The van der Waals surface area contributed by atoms with Crippen LogP contribution in [0.2, 0.25) is 0 Å². The Labute approximate surface area is 134 Å². The van der Waals surface area contributed by atoms with Crippen molar-refractivity contribution in [1.29, 1.82) is 0 Å². The number of ether oxygens (including phenoxy) is 3. The van der Waals surface area contributed by atoms with Gasteiger partial charge in [0.05, 0.1) is 4.90 Å². The van der Waals surface area contributed by atoms with E-state index in [1.165, 1.54) is 10.4 Å².